The number of morpholine rings is 1. The molecule has 0 bridgehead atoms. The van der Waals surface area contributed by atoms with Crippen LogP contribution in [-0.4, -0.2) is 54.4 Å². The summed E-state index contributed by atoms with van der Waals surface area (Å²) in [4.78, 5) is 17.4. The number of carbonyl (C=O) groups is 1. The van der Waals surface area contributed by atoms with Crippen molar-refractivity contribution in [3.8, 4) is 0 Å². The van der Waals surface area contributed by atoms with E-state index in [0.29, 0.717) is 19.8 Å². The Labute approximate surface area is 149 Å². The van der Waals surface area contributed by atoms with E-state index in [4.69, 9.17) is 9.84 Å². The maximum Gasteiger partial charge on any atom is 0.257 e. The molecular weight excluding hydrogens is 342 g/mol. The standard InChI is InChI=1S/C17H19N3O2S2/c21-17(12-19-5-7-22-8-6-19)20-14(16-4-2-10-24-16)11-13(18-20)15-3-1-9-23-15/h1-4,9-10,14H,5-8,11-12H2/t14-/m0/s1. The van der Waals surface area contributed by atoms with E-state index in [1.54, 1.807) is 27.7 Å². The number of rotatable bonds is 4. The van der Waals surface area contributed by atoms with Gasteiger partial charge in [0.15, 0.2) is 0 Å². The Morgan fingerprint density at radius 3 is 2.71 bits per heavy atom. The molecule has 0 aliphatic carbocycles. The van der Waals surface area contributed by atoms with Gasteiger partial charge in [-0.1, -0.05) is 12.1 Å². The molecule has 126 valence electrons. The summed E-state index contributed by atoms with van der Waals surface area (Å²) in [6.07, 6.45) is 0.788. The average Bonchev–Trinajstić information content (AvgIpc) is 3.35. The number of hydrogen-bond donors (Lipinski definition) is 0. The van der Waals surface area contributed by atoms with Crippen LogP contribution in [0.4, 0.5) is 0 Å². The predicted octanol–water partition coefficient (Wildman–Crippen LogP) is 2.82. The number of hydrazone groups is 1. The molecule has 4 rings (SSSR count). The minimum absolute atomic E-state index is 0.0237. The van der Waals surface area contributed by atoms with Gasteiger partial charge in [-0.15, -0.1) is 22.7 Å². The lowest BCUT2D eigenvalue weighted by molar-refractivity contribution is -0.135. The van der Waals surface area contributed by atoms with Crippen molar-refractivity contribution in [1.29, 1.82) is 0 Å². The zero-order chi connectivity index (χ0) is 16.4. The minimum atomic E-state index is 0.0237. The molecule has 1 fully saturated rings. The lowest BCUT2D eigenvalue weighted by atomic mass is 10.1. The van der Waals surface area contributed by atoms with Gasteiger partial charge in [0.1, 0.15) is 0 Å². The van der Waals surface area contributed by atoms with Crippen molar-refractivity contribution in [2.24, 2.45) is 5.10 Å². The normalized spacial score (nSPS) is 21.9. The summed E-state index contributed by atoms with van der Waals surface area (Å²) in [5, 5.41) is 10.5. The summed E-state index contributed by atoms with van der Waals surface area (Å²) in [6, 6.07) is 8.26. The summed E-state index contributed by atoms with van der Waals surface area (Å²) >= 11 is 3.37. The van der Waals surface area contributed by atoms with E-state index in [1.807, 2.05) is 12.1 Å². The van der Waals surface area contributed by atoms with Gasteiger partial charge < -0.3 is 4.74 Å². The lowest BCUT2D eigenvalue weighted by Crippen LogP contribution is -2.43. The van der Waals surface area contributed by atoms with Gasteiger partial charge in [0, 0.05) is 24.4 Å². The van der Waals surface area contributed by atoms with Crippen molar-refractivity contribution < 1.29 is 9.53 Å². The molecule has 2 aliphatic heterocycles. The first-order chi connectivity index (χ1) is 11.8. The molecule has 24 heavy (non-hydrogen) atoms. The van der Waals surface area contributed by atoms with Gasteiger partial charge in [-0.25, -0.2) is 5.01 Å². The van der Waals surface area contributed by atoms with Crippen LogP contribution in [0.3, 0.4) is 0 Å². The summed E-state index contributed by atoms with van der Waals surface area (Å²) in [7, 11) is 0. The monoisotopic (exact) mass is 361 g/mol. The second kappa shape index (κ2) is 7.14. The van der Waals surface area contributed by atoms with Gasteiger partial charge in [-0.2, -0.15) is 5.10 Å². The smallest absolute Gasteiger partial charge is 0.257 e. The zero-order valence-corrected chi connectivity index (χ0v) is 14.9. The molecule has 7 heteroatoms. The van der Waals surface area contributed by atoms with Crippen LogP contribution >= 0.6 is 22.7 Å². The number of ether oxygens (including phenoxy) is 1. The van der Waals surface area contributed by atoms with E-state index < -0.39 is 0 Å². The maximum absolute atomic E-state index is 12.9. The Morgan fingerprint density at radius 2 is 2.00 bits per heavy atom. The Bertz CT molecular complexity index is 706. The fourth-order valence-corrected chi connectivity index (χ4v) is 4.59. The molecule has 1 amide bonds. The third kappa shape index (κ3) is 3.30. The van der Waals surface area contributed by atoms with Crippen molar-refractivity contribution in [2.75, 3.05) is 32.8 Å². The van der Waals surface area contributed by atoms with Crippen LogP contribution in [0.25, 0.3) is 0 Å². The first kappa shape index (κ1) is 16.0. The largest absolute Gasteiger partial charge is 0.379 e. The highest BCUT2D eigenvalue weighted by molar-refractivity contribution is 7.12. The van der Waals surface area contributed by atoms with Gasteiger partial charge in [-0.05, 0) is 22.9 Å². The van der Waals surface area contributed by atoms with Crippen LogP contribution in [0.15, 0.2) is 40.1 Å². The SMILES string of the molecule is O=C(CN1CCOCC1)N1N=C(c2cccs2)C[C@H]1c1cccs1. The Kier molecular flexibility index (Phi) is 4.75. The molecule has 0 radical (unpaired) electrons. The highest BCUT2D eigenvalue weighted by Crippen LogP contribution is 2.35. The van der Waals surface area contributed by atoms with Crippen LogP contribution in [0.1, 0.15) is 22.2 Å². The fraction of sp³-hybridized carbons (Fsp3) is 0.412. The summed E-state index contributed by atoms with van der Waals surface area (Å²) in [5.74, 6) is 0.0712. The van der Waals surface area contributed by atoms with Crippen molar-refractivity contribution in [3.63, 3.8) is 0 Å². The molecule has 1 atom stereocenters. The summed E-state index contributed by atoms with van der Waals surface area (Å²) in [5.41, 5.74) is 1.01. The Hall–Kier alpha value is -1.54. The zero-order valence-electron chi connectivity index (χ0n) is 13.3. The summed E-state index contributed by atoms with van der Waals surface area (Å²) in [6.45, 7) is 3.43. The molecule has 2 aromatic rings. The van der Waals surface area contributed by atoms with Gasteiger partial charge in [0.05, 0.1) is 36.4 Å². The topological polar surface area (TPSA) is 45.1 Å². The Balaban J connectivity index is 1.55. The van der Waals surface area contributed by atoms with E-state index in [1.165, 1.54) is 4.88 Å². The van der Waals surface area contributed by atoms with Gasteiger partial charge >= 0.3 is 0 Å². The molecule has 0 spiro atoms. The number of carbonyl (C=O) groups excluding carboxylic acids is 1. The highest BCUT2D eigenvalue weighted by atomic mass is 32.1. The third-order valence-electron chi connectivity index (χ3n) is 4.31. The maximum atomic E-state index is 12.9. The van der Waals surface area contributed by atoms with Crippen LogP contribution in [-0.2, 0) is 9.53 Å². The molecule has 5 nitrogen and oxygen atoms in total. The average molecular weight is 361 g/mol. The van der Waals surface area contributed by atoms with Gasteiger partial charge in [-0.3, -0.25) is 9.69 Å². The predicted molar refractivity (Wildman–Crippen MR) is 96.6 cm³/mol. The Morgan fingerprint density at radius 1 is 1.21 bits per heavy atom. The number of thiophene rings is 2. The van der Waals surface area contributed by atoms with E-state index >= 15 is 0 Å². The van der Waals surface area contributed by atoms with E-state index in [-0.39, 0.29) is 11.9 Å². The molecule has 0 N–H and O–H groups in total. The van der Waals surface area contributed by atoms with Crippen molar-refractivity contribution in [1.82, 2.24) is 9.91 Å². The molecule has 4 heterocycles. The van der Waals surface area contributed by atoms with Crippen molar-refractivity contribution in [2.45, 2.75) is 12.5 Å². The first-order valence-corrected chi connectivity index (χ1v) is 9.84. The van der Waals surface area contributed by atoms with E-state index in [0.717, 1.165) is 30.1 Å². The number of nitrogens with zero attached hydrogens (tertiary/aromatic N) is 3. The van der Waals surface area contributed by atoms with Gasteiger partial charge in [0.2, 0.25) is 0 Å². The molecular formula is C17H19N3O2S2. The quantitative estimate of drug-likeness (QED) is 0.841. The third-order valence-corrected chi connectivity index (χ3v) is 6.20. The molecule has 0 unspecified atom stereocenters. The summed E-state index contributed by atoms with van der Waals surface area (Å²) < 4.78 is 5.36. The minimum Gasteiger partial charge on any atom is -0.379 e. The van der Waals surface area contributed by atoms with Crippen molar-refractivity contribution >= 4 is 34.3 Å². The van der Waals surface area contributed by atoms with Crippen LogP contribution in [0.5, 0.6) is 0 Å². The number of amides is 1. The second-order valence-electron chi connectivity index (χ2n) is 5.89. The second-order valence-corrected chi connectivity index (χ2v) is 7.81. The number of hydrogen-bond acceptors (Lipinski definition) is 6. The molecule has 2 aromatic heterocycles. The first-order valence-electron chi connectivity index (χ1n) is 8.08. The molecule has 2 aliphatic rings. The van der Waals surface area contributed by atoms with Crippen LogP contribution in [0, 0.1) is 0 Å². The molecule has 1 saturated heterocycles. The van der Waals surface area contributed by atoms with Crippen molar-refractivity contribution in [3.05, 3.63) is 44.8 Å². The highest BCUT2D eigenvalue weighted by Gasteiger charge is 2.34. The van der Waals surface area contributed by atoms with Crippen LogP contribution < -0.4 is 0 Å². The fourth-order valence-electron chi connectivity index (χ4n) is 3.06. The molecule has 0 saturated carbocycles. The van der Waals surface area contributed by atoms with Gasteiger partial charge in [0.25, 0.3) is 5.91 Å². The van der Waals surface area contributed by atoms with E-state index in [9.17, 15) is 4.79 Å². The lowest BCUT2D eigenvalue weighted by Gasteiger charge is -2.28. The molecule has 0 aromatic carbocycles. The van der Waals surface area contributed by atoms with Crippen LogP contribution in [0.2, 0.25) is 0 Å². The van der Waals surface area contributed by atoms with E-state index in [2.05, 4.69) is 27.8 Å².